The lowest BCUT2D eigenvalue weighted by Gasteiger charge is -2.71. The summed E-state index contributed by atoms with van der Waals surface area (Å²) in [5.41, 5.74) is -1.35. The van der Waals surface area contributed by atoms with Crippen LogP contribution in [0.25, 0.3) is 0 Å². The quantitative estimate of drug-likeness (QED) is 0.402. The van der Waals surface area contributed by atoms with Crippen molar-refractivity contribution in [1.82, 2.24) is 0 Å². The number of aliphatic hydroxyl groups excluding tert-OH is 2. The Kier molecular flexibility index (Phi) is 5.56. The van der Waals surface area contributed by atoms with Gasteiger partial charge in [0.25, 0.3) is 0 Å². The van der Waals surface area contributed by atoms with Gasteiger partial charge < -0.3 is 20.4 Å². The summed E-state index contributed by atoms with van der Waals surface area (Å²) >= 11 is 0. The summed E-state index contributed by atoms with van der Waals surface area (Å²) in [5.74, 6) is -0.356. The lowest BCUT2D eigenvalue weighted by atomic mass is 9.33. The summed E-state index contributed by atoms with van der Waals surface area (Å²) in [5, 5.41) is 43.8. The number of carboxylic acids is 1. The molecule has 0 heterocycles. The zero-order chi connectivity index (χ0) is 25.8. The van der Waals surface area contributed by atoms with Gasteiger partial charge in [-0.15, -0.1) is 0 Å². The molecule has 0 spiro atoms. The molecule has 0 saturated heterocycles. The average molecular weight is 489 g/mol. The summed E-state index contributed by atoms with van der Waals surface area (Å²) < 4.78 is 0. The third-order valence-corrected chi connectivity index (χ3v) is 13.6. The van der Waals surface area contributed by atoms with E-state index in [1.165, 1.54) is 5.57 Å². The van der Waals surface area contributed by atoms with Crippen LogP contribution in [0, 0.1) is 50.7 Å². The Labute approximate surface area is 211 Å². The maximum atomic E-state index is 12.8. The first kappa shape index (κ1) is 25.7. The van der Waals surface area contributed by atoms with Gasteiger partial charge in [0.05, 0.1) is 23.7 Å². The van der Waals surface area contributed by atoms with E-state index in [0.717, 1.165) is 44.9 Å². The average Bonchev–Trinajstić information content (AvgIpc) is 2.79. The molecule has 0 aliphatic heterocycles. The first-order valence-corrected chi connectivity index (χ1v) is 14.1. The van der Waals surface area contributed by atoms with E-state index in [1.54, 1.807) is 0 Å². The van der Waals surface area contributed by atoms with Crippen molar-refractivity contribution in [2.45, 2.75) is 111 Å². The van der Waals surface area contributed by atoms with Gasteiger partial charge in [-0.05, 0) is 98.7 Å². The van der Waals surface area contributed by atoms with Crippen LogP contribution in [-0.2, 0) is 4.79 Å². The number of rotatable bonds is 2. The van der Waals surface area contributed by atoms with Crippen molar-refractivity contribution < 1.29 is 25.2 Å². The SMILES string of the molecule is CC1CC[C@]2(C(=O)O)CC[C@]3(C)C(=CC[C@@H]4[C@@]5(C)CCC(O)[C@](C)(CO)[C@@H]5CC[C@]43C)[C@@H]2[C@]1(C)O. The van der Waals surface area contributed by atoms with E-state index in [1.807, 2.05) is 6.92 Å². The number of aliphatic carboxylic acids is 1. The Hall–Kier alpha value is -0.910. The number of hydrogen-bond acceptors (Lipinski definition) is 4. The van der Waals surface area contributed by atoms with E-state index in [-0.39, 0.29) is 40.6 Å². The van der Waals surface area contributed by atoms with E-state index < -0.39 is 28.5 Å². The largest absolute Gasteiger partial charge is 0.481 e. The Morgan fingerprint density at radius 2 is 1.66 bits per heavy atom. The standard InChI is InChI=1S/C30H48O5/c1-18-9-14-30(24(33)34)16-15-27(4)19(23(30)29(18,6)35)7-8-21-25(2)12-11-22(32)26(3,17-31)20(25)10-13-28(21,27)5/h7,18,20-23,31-32,35H,8-17H2,1-6H3,(H,33,34)/t18?,20-,21-,22?,23-,25+,26-,27-,28-,29-,30+/m1/s1. The molecular weight excluding hydrogens is 440 g/mol. The smallest absolute Gasteiger partial charge is 0.310 e. The fraction of sp³-hybridized carbons (Fsp3) is 0.900. The molecule has 35 heavy (non-hydrogen) atoms. The summed E-state index contributed by atoms with van der Waals surface area (Å²) in [6, 6.07) is 0. The van der Waals surface area contributed by atoms with Gasteiger partial charge in [-0.2, -0.15) is 0 Å². The highest BCUT2D eigenvalue weighted by molar-refractivity contribution is 5.77. The Morgan fingerprint density at radius 1 is 0.971 bits per heavy atom. The molecule has 11 atom stereocenters. The van der Waals surface area contributed by atoms with Gasteiger partial charge in [0.1, 0.15) is 0 Å². The maximum Gasteiger partial charge on any atom is 0.310 e. The molecule has 0 aromatic carbocycles. The van der Waals surface area contributed by atoms with Crippen LogP contribution in [-0.4, -0.2) is 44.7 Å². The molecule has 5 rings (SSSR count). The van der Waals surface area contributed by atoms with E-state index in [2.05, 4.69) is 40.7 Å². The first-order valence-electron chi connectivity index (χ1n) is 14.1. The minimum atomic E-state index is -1.04. The highest BCUT2D eigenvalue weighted by atomic mass is 16.4. The normalized spacial score (nSPS) is 57.7. The van der Waals surface area contributed by atoms with Gasteiger partial charge in [0.2, 0.25) is 0 Å². The summed E-state index contributed by atoms with van der Waals surface area (Å²) in [4.78, 5) is 12.8. The Bertz CT molecular complexity index is 941. The van der Waals surface area contributed by atoms with Crippen molar-refractivity contribution in [3.05, 3.63) is 11.6 Å². The third kappa shape index (κ3) is 2.90. The molecule has 0 bridgehead atoms. The minimum Gasteiger partial charge on any atom is -0.481 e. The van der Waals surface area contributed by atoms with Crippen LogP contribution in [0.2, 0.25) is 0 Å². The Balaban J connectivity index is 1.64. The van der Waals surface area contributed by atoms with Crippen molar-refractivity contribution >= 4 is 5.97 Å². The van der Waals surface area contributed by atoms with Gasteiger partial charge in [0.15, 0.2) is 0 Å². The number of carboxylic acid groups (broad SMARTS) is 1. The van der Waals surface area contributed by atoms with Crippen LogP contribution in [0.1, 0.15) is 99.3 Å². The molecule has 5 heteroatoms. The highest BCUT2D eigenvalue weighted by Gasteiger charge is 2.71. The summed E-state index contributed by atoms with van der Waals surface area (Å²) in [6.45, 7) is 13.3. The molecule has 0 aromatic heterocycles. The van der Waals surface area contributed by atoms with Crippen molar-refractivity contribution in [2.75, 3.05) is 6.61 Å². The van der Waals surface area contributed by atoms with Crippen molar-refractivity contribution in [3.63, 3.8) is 0 Å². The second-order valence-electron chi connectivity index (χ2n) is 14.6. The van der Waals surface area contributed by atoms with Crippen LogP contribution in [0.15, 0.2) is 11.6 Å². The third-order valence-electron chi connectivity index (χ3n) is 13.6. The topological polar surface area (TPSA) is 98.0 Å². The molecule has 0 radical (unpaired) electrons. The molecule has 4 fully saturated rings. The molecule has 4 saturated carbocycles. The highest BCUT2D eigenvalue weighted by Crippen LogP contribution is 2.76. The predicted molar refractivity (Wildman–Crippen MR) is 135 cm³/mol. The molecule has 5 aliphatic carbocycles. The van der Waals surface area contributed by atoms with Gasteiger partial charge in [-0.1, -0.05) is 46.3 Å². The number of allylic oxidation sites excluding steroid dienone is 1. The Morgan fingerprint density at radius 3 is 2.29 bits per heavy atom. The van der Waals surface area contributed by atoms with Gasteiger partial charge in [-0.25, -0.2) is 0 Å². The second kappa shape index (κ2) is 7.57. The summed E-state index contributed by atoms with van der Waals surface area (Å²) in [7, 11) is 0. The van der Waals surface area contributed by atoms with Crippen molar-refractivity contribution in [2.24, 2.45) is 50.7 Å². The summed E-state index contributed by atoms with van der Waals surface area (Å²) in [6.07, 6.45) is 9.32. The van der Waals surface area contributed by atoms with E-state index in [0.29, 0.717) is 18.8 Å². The molecule has 5 nitrogen and oxygen atoms in total. The maximum absolute atomic E-state index is 12.8. The van der Waals surface area contributed by atoms with E-state index in [9.17, 15) is 25.2 Å². The van der Waals surface area contributed by atoms with E-state index >= 15 is 0 Å². The molecule has 4 N–H and O–H groups in total. The molecule has 198 valence electrons. The minimum absolute atomic E-state index is 0.0115. The van der Waals surface area contributed by atoms with Crippen molar-refractivity contribution in [3.8, 4) is 0 Å². The zero-order valence-corrected chi connectivity index (χ0v) is 22.7. The number of hydrogen-bond donors (Lipinski definition) is 4. The first-order chi connectivity index (χ1) is 16.1. The van der Waals surface area contributed by atoms with Gasteiger partial charge >= 0.3 is 5.97 Å². The lowest BCUT2D eigenvalue weighted by molar-refractivity contribution is -0.225. The molecular formula is C30H48O5. The fourth-order valence-corrected chi connectivity index (χ4v) is 10.9. The monoisotopic (exact) mass is 488 g/mol. The fourth-order valence-electron chi connectivity index (χ4n) is 10.9. The van der Waals surface area contributed by atoms with Gasteiger partial charge in [-0.3, -0.25) is 4.79 Å². The number of fused-ring (bicyclic) bond motifs is 7. The number of aliphatic hydroxyl groups is 3. The predicted octanol–water partition coefficient (Wildman–Crippen LogP) is 5.18. The number of carbonyl (C=O) groups is 1. The van der Waals surface area contributed by atoms with Crippen LogP contribution in [0.5, 0.6) is 0 Å². The molecule has 2 unspecified atom stereocenters. The van der Waals surface area contributed by atoms with Crippen molar-refractivity contribution in [1.29, 1.82) is 0 Å². The van der Waals surface area contributed by atoms with Crippen LogP contribution >= 0.6 is 0 Å². The molecule has 0 amide bonds. The molecule has 0 aromatic rings. The van der Waals surface area contributed by atoms with Gasteiger partial charge in [0, 0.05) is 11.3 Å². The molecule has 5 aliphatic rings. The van der Waals surface area contributed by atoms with Crippen LogP contribution < -0.4 is 0 Å². The van der Waals surface area contributed by atoms with E-state index in [4.69, 9.17) is 0 Å². The second-order valence-corrected chi connectivity index (χ2v) is 14.6. The van der Waals surface area contributed by atoms with Crippen LogP contribution in [0.3, 0.4) is 0 Å². The zero-order valence-electron chi connectivity index (χ0n) is 22.7. The van der Waals surface area contributed by atoms with Crippen LogP contribution in [0.4, 0.5) is 0 Å². The lowest BCUT2D eigenvalue weighted by Crippen LogP contribution is -2.68.